The smallest absolute Gasteiger partial charge is 0.407 e. The summed E-state index contributed by atoms with van der Waals surface area (Å²) in [5.74, 6) is -1.78. The van der Waals surface area contributed by atoms with Crippen LogP contribution in [0.5, 0.6) is 0 Å². The predicted molar refractivity (Wildman–Crippen MR) is 125 cm³/mol. The predicted octanol–water partition coefficient (Wildman–Crippen LogP) is 3.16. The second-order valence-electron chi connectivity index (χ2n) is 8.81. The number of carboxylic acid groups (broad SMARTS) is 1. The van der Waals surface area contributed by atoms with Gasteiger partial charge in [0.2, 0.25) is 0 Å². The van der Waals surface area contributed by atoms with E-state index in [-0.39, 0.29) is 31.5 Å². The van der Waals surface area contributed by atoms with Gasteiger partial charge in [0.1, 0.15) is 6.61 Å². The van der Waals surface area contributed by atoms with Gasteiger partial charge in [-0.2, -0.15) is 0 Å². The van der Waals surface area contributed by atoms with Gasteiger partial charge in [-0.15, -0.1) is 0 Å². The SMILES string of the molecule is COC(CNC(=O)OCC1c2ccccc2-c2ccccc21)C(=O)NCC1CCCC1C(=O)O. The number of hydrogen-bond donors (Lipinski definition) is 3. The lowest BCUT2D eigenvalue weighted by atomic mass is 9.96. The summed E-state index contributed by atoms with van der Waals surface area (Å²) in [4.78, 5) is 36.2. The molecule has 2 aliphatic rings. The minimum absolute atomic E-state index is 0.0479. The average Bonchev–Trinajstić information content (AvgIpc) is 3.45. The number of aliphatic carboxylic acids is 1. The number of rotatable bonds is 9. The molecule has 2 aromatic rings. The highest BCUT2D eigenvalue weighted by Crippen LogP contribution is 2.44. The Balaban J connectivity index is 1.26. The maximum absolute atomic E-state index is 12.5. The Morgan fingerprint density at radius 1 is 1.00 bits per heavy atom. The third-order valence-corrected chi connectivity index (χ3v) is 6.87. The first-order valence-corrected chi connectivity index (χ1v) is 11.6. The van der Waals surface area contributed by atoms with E-state index in [0.29, 0.717) is 6.42 Å². The first-order valence-electron chi connectivity index (χ1n) is 11.6. The first kappa shape index (κ1) is 23.8. The molecule has 4 rings (SSSR count). The maximum atomic E-state index is 12.5. The number of nitrogens with one attached hydrogen (secondary N) is 2. The molecule has 3 atom stereocenters. The van der Waals surface area contributed by atoms with E-state index in [2.05, 4.69) is 22.8 Å². The molecule has 180 valence electrons. The van der Waals surface area contributed by atoms with E-state index in [4.69, 9.17) is 9.47 Å². The third kappa shape index (κ3) is 5.07. The van der Waals surface area contributed by atoms with Crippen molar-refractivity contribution in [2.24, 2.45) is 11.8 Å². The zero-order valence-electron chi connectivity index (χ0n) is 19.2. The Labute approximate surface area is 198 Å². The summed E-state index contributed by atoms with van der Waals surface area (Å²) in [5, 5.41) is 14.7. The van der Waals surface area contributed by atoms with Gasteiger partial charge in [0, 0.05) is 19.6 Å². The fraction of sp³-hybridized carbons (Fsp3) is 0.423. The fourth-order valence-electron chi connectivity index (χ4n) is 5.06. The Morgan fingerprint density at radius 2 is 1.65 bits per heavy atom. The Morgan fingerprint density at radius 3 is 2.26 bits per heavy atom. The van der Waals surface area contributed by atoms with Crippen LogP contribution in [0.15, 0.2) is 48.5 Å². The van der Waals surface area contributed by atoms with Gasteiger partial charge in [-0.3, -0.25) is 9.59 Å². The molecule has 8 nitrogen and oxygen atoms in total. The monoisotopic (exact) mass is 466 g/mol. The molecule has 0 heterocycles. The molecule has 0 bridgehead atoms. The number of hydrogen-bond acceptors (Lipinski definition) is 5. The van der Waals surface area contributed by atoms with Crippen molar-refractivity contribution in [3.8, 4) is 11.1 Å². The lowest BCUT2D eigenvalue weighted by molar-refractivity contribution is -0.143. The Kier molecular flexibility index (Phi) is 7.47. The molecule has 34 heavy (non-hydrogen) atoms. The van der Waals surface area contributed by atoms with Crippen LogP contribution in [0.25, 0.3) is 11.1 Å². The number of amides is 2. The van der Waals surface area contributed by atoms with Gasteiger partial charge in [-0.05, 0) is 41.0 Å². The van der Waals surface area contributed by atoms with E-state index < -0.39 is 30.0 Å². The van der Waals surface area contributed by atoms with Crippen molar-refractivity contribution < 1.29 is 29.0 Å². The summed E-state index contributed by atoms with van der Waals surface area (Å²) >= 11 is 0. The van der Waals surface area contributed by atoms with Crippen LogP contribution in [0.3, 0.4) is 0 Å². The van der Waals surface area contributed by atoms with E-state index in [1.54, 1.807) is 0 Å². The highest BCUT2D eigenvalue weighted by Gasteiger charge is 2.33. The molecule has 8 heteroatoms. The summed E-state index contributed by atoms with van der Waals surface area (Å²) in [7, 11) is 1.39. The minimum Gasteiger partial charge on any atom is -0.481 e. The first-order chi connectivity index (χ1) is 16.5. The summed E-state index contributed by atoms with van der Waals surface area (Å²) < 4.78 is 10.7. The Hall–Kier alpha value is -3.39. The van der Waals surface area contributed by atoms with E-state index in [9.17, 15) is 19.5 Å². The largest absolute Gasteiger partial charge is 0.481 e. The van der Waals surface area contributed by atoms with Crippen LogP contribution in [-0.2, 0) is 19.1 Å². The van der Waals surface area contributed by atoms with Gasteiger partial charge in [0.05, 0.1) is 12.5 Å². The van der Waals surface area contributed by atoms with Gasteiger partial charge in [-0.1, -0.05) is 55.0 Å². The van der Waals surface area contributed by atoms with Crippen LogP contribution in [0.1, 0.15) is 36.3 Å². The molecule has 3 N–H and O–H groups in total. The normalized spacial score (nSPS) is 19.7. The molecule has 3 unspecified atom stereocenters. The van der Waals surface area contributed by atoms with Crippen LogP contribution in [0.2, 0.25) is 0 Å². The molecule has 2 aromatic carbocycles. The lowest BCUT2D eigenvalue weighted by Gasteiger charge is -2.20. The molecule has 0 aromatic heterocycles. The molecular weight excluding hydrogens is 436 g/mol. The van der Waals surface area contributed by atoms with Gasteiger partial charge < -0.3 is 25.2 Å². The van der Waals surface area contributed by atoms with Crippen LogP contribution in [0.4, 0.5) is 4.79 Å². The van der Waals surface area contributed by atoms with Crippen molar-refractivity contribution in [3.63, 3.8) is 0 Å². The number of ether oxygens (including phenoxy) is 2. The standard InChI is InChI=1S/C26H30N2O6/c1-33-23(24(29)27-13-16-7-6-12-17(16)25(30)31)14-28-26(32)34-15-22-20-10-4-2-8-18(20)19-9-3-5-11-21(19)22/h2-5,8-11,16-17,22-23H,6-7,12-15H2,1H3,(H,27,29)(H,28,32)(H,30,31). The number of fused-ring (bicyclic) bond motifs is 3. The molecule has 0 saturated heterocycles. The summed E-state index contributed by atoms with van der Waals surface area (Å²) in [6.07, 6.45) is 0.720. The van der Waals surface area contributed by atoms with Crippen molar-refractivity contribution in [2.45, 2.75) is 31.3 Å². The summed E-state index contributed by atoms with van der Waals surface area (Å²) in [6.45, 7) is 0.411. The fourth-order valence-corrected chi connectivity index (χ4v) is 5.06. The number of carbonyl (C=O) groups is 3. The van der Waals surface area contributed by atoms with Crippen LogP contribution in [0, 0.1) is 11.8 Å². The molecule has 1 fully saturated rings. The van der Waals surface area contributed by atoms with E-state index in [0.717, 1.165) is 35.1 Å². The van der Waals surface area contributed by atoms with Crippen LogP contribution >= 0.6 is 0 Å². The lowest BCUT2D eigenvalue weighted by Crippen LogP contribution is -2.45. The maximum Gasteiger partial charge on any atom is 0.407 e. The van der Waals surface area contributed by atoms with Gasteiger partial charge in [0.15, 0.2) is 6.10 Å². The summed E-state index contributed by atoms with van der Waals surface area (Å²) in [5.41, 5.74) is 4.54. The Bertz CT molecular complexity index is 1010. The molecule has 0 aliphatic heterocycles. The molecule has 0 spiro atoms. The van der Waals surface area contributed by atoms with Crippen molar-refractivity contribution in [1.82, 2.24) is 10.6 Å². The average molecular weight is 467 g/mol. The molecule has 2 aliphatic carbocycles. The van der Waals surface area contributed by atoms with Crippen molar-refractivity contribution in [2.75, 3.05) is 26.8 Å². The number of benzene rings is 2. The molecule has 1 saturated carbocycles. The van der Waals surface area contributed by atoms with Gasteiger partial charge >= 0.3 is 12.1 Å². The molecular formula is C26H30N2O6. The summed E-state index contributed by atoms with van der Waals surface area (Å²) in [6, 6.07) is 16.2. The second-order valence-corrected chi connectivity index (χ2v) is 8.81. The van der Waals surface area contributed by atoms with E-state index in [1.165, 1.54) is 7.11 Å². The quantitative estimate of drug-likeness (QED) is 0.523. The number of methoxy groups -OCH3 is 1. The van der Waals surface area contributed by atoms with E-state index >= 15 is 0 Å². The van der Waals surface area contributed by atoms with Crippen LogP contribution < -0.4 is 10.6 Å². The number of carbonyl (C=O) groups excluding carboxylic acids is 2. The third-order valence-electron chi connectivity index (χ3n) is 6.87. The zero-order chi connectivity index (χ0) is 24.1. The van der Waals surface area contributed by atoms with Gasteiger partial charge in [-0.25, -0.2) is 4.79 Å². The number of alkyl carbamates (subject to hydrolysis) is 1. The minimum atomic E-state index is -0.898. The molecule has 0 radical (unpaired) electrons. The van der Waals surface area contributed by atoms with Gasteiger partial charge in [0.25, 0.3) is 5.91 Å². The highest BCUT2D eigenvalue weighted by molar-refractivity contribution is 5.82. The van der Waals surface area contributed by atoms with Crippen LogP contribution in [-0.4, -0.2) is 56.0 Å². The zero-order valence-corrected chi connectivity index (χ0v) is 19.2. The second kappa shape index (κ2) is 10.7. The van der Waals surface area contributed by atoms with Crippen molar-refractivity contribution >= 4 is 18.0 Å². The highest BCUT2D eigenvalue weighted by atomic mass is 16.5. The van der Waals surface area contributed by atoms with E-state index in [1.807, 2.05) is 36.4 Å². The van der Waals surface area contributed by atoms with Crippen molar-refractivity contribution in [3.05, 3.63) is 59.7 Å². The topological polar surface area (TPSA) is 114 Å². The van der Waals surface area contributed by atoms with Crippen molar-refractivity contribution in [1.29, 1.82) is 0 Å². The molecule has 2 amide bonds. The number of carboxylic acids is 1.